The molecule has 3 aromatic rings. The number of ether oxygens (including phenoxy) is 1. The number of aromatic amines is 1. The Morgan fingerprint density at radius 1 is 1.18 bits per heavy atom. The summed E-state index contributed by atoms with van der Waals surface area (Å²) in [6.07, 6.45) is 4.99. The summed E-state index contributed by atoms with van der Waals surface area (Å²) in [6, 6.07) is 11.6. The molecule has 1 fully saturated rings. The molecular formula is C25H28N6O2. The lowest BCUT2D eigenvalue weighted by atomic mass is 10.1. The van der Waals surface area contributed by atoms with Crippen LogP contribution in [0.25, 0.3) is 16.5 Å². The van der Waals surface area contributed by atoms with Gasteiger partial charge >= 0.3 is 0 Å². The third kappa shape index (κ3) is 5.07. The fourth-order valence-corrected chi connectivity index (χ4v) is 3.57. The molecule has 1 aromatic carbocycles. The van der Waals surface area contributed by atoms with Gasteiger partial charge in [0, 0.05) is 36.4 Å². The van der Waals surface area contributed by atoms with Gasteiger partial charge in [0.15, 0.2) is 0 Å². The lowest BCUT2D eigenvalue weighted by Gasteiger charge is -2.28. The van der Waals surface area contributed by atoms with Gasteiger partial charge in [-0.3, -0.25) is 4.79 Å². The minimum Gasteiger partial charge on any atom is -0.399 e. The Morgan fingerprint density at radius 3 is 2.61 bits per heavy atom. The molecule has 4 rings (SSSR count). The highest BCUT2D eigenvalue weighted by molar-refractivity contribution is 5.94. The van der Waals surface area contributed by atoms with Crippen molar-refractivity contribution in [2.24, 2.45) is 11.5 Å². The van der Waals surface area contributed by atoms with Gasteiger partial charge in [-0.05, 0) is 66.4 Å². The number of rotatable bonds is 6. The molecule has 0 unspecified atom stereocenters. The number of aromatic nitrogens is 2. The summed E-state index contributed by atoms with van der Waals surface area (Å²) in [5.41, 5.74) is 16.2. The minimum atomic E-state index is -0.229. The zero-order valence-electron chi connectivity index (χ0n) is 18.6. The average molecular weight is 445 g/mol. The summed E-state index contributed by atoms with van der Waals surface area (Å²) < 4.78 is 5.42. The lowest BCUT2D eigenvalue weighted by Crippen LogP contribution is -2.36. The molecule has 0 saturated carbocycles. The van der Waals surface area contributed by atoms with E-state index >= 15 is 0 Å². The molecule has 0 spiro atoms. The van der Waals surface area contributed by atoms with Crippen LogP contribution in [0.3, 0.4) is 0 Å². The van der Waals surface area contributed by atoms with E-state index in [-0.39, 0.29) is 5.56 Å². The van der Waals surface area contributed by atoms with Gasteiger partial charge in [-0.25, -0.2) is 4.98 Å². The Hall–Kier alpha value is -4.04. The molecule has 8 nitrogen and oxygen atoms in total. The van der Waals surface area contributed by atoms with E-state index in [0.29, 0.717) is 28.3 Å². The van der Waals surface area contributed by atoms with Crippen molar-refractivity contribution in [2.75, 3.05) is 36.5 Å². The molecule has 0 atom stereocenters. The molecule has 1 saturated heterocycles. The van der Waals surface area contributed by atoms with Crippen molar-refractivity contribution in [2.45, 2.75) is 6.92 Å². The average Bonchev–Trinajstić information content (AvgIpc) is 2.83. The number of H-pyrrole nitrogens is 1. The molecular weight excluding hydrogens is 416 g/mol. The smallest absolute Gasteiger partial charge is 0.259 e. The Morgan fingerprint density at radius 2 is 1.91 bits per heavy atom. The Bertz CT molecular complexity index is 1280. The second-order valence-corrected chi connectivity index (χ2v) is 7.92. The maximum Gasteiger partial charge on any atom is 0.259 e. The second kappa shape index (κ2) is 9.62. The topological polar surface area (TPSA) is 122 Å². The van der Waals surface area contributed by atoms with Gasteiger partial charge in [0.2, 0.25) is 0 Å². The normalized spacial score (nSPS) is 15.0. The van der Waals surface area contributed by atoms with Crippen molar-refractivity contribution in [3.8, 4) is 0 Å². The molecule has 0 bridgehead atoms. The number of anilines is 3. The van der Waals surface area contributed by atoms with E-state index in [0.717, 1.165) is 48.6 Å². The molecule has 170 valence electrons. The van der Waals surface area contributed by atoms with E-state index in [2.05, 4.69) is 26.8 Å². The molecule has 1 aliphatic rings. The minimum absolute atomic E-state index is 0.229. The molecule has 0 amide bonds. The summed E-state index contributed by atoms with van der Waals surface area (Å²) in [5, 5.41) is 4.47. The van der Waals surface area contributed by atoms with E-state index in [9.17, 15) is 4.79 Å². The number of pyridine rings is 2. The monoisotopic (exact) mass is 444 g/mol. The van der Waals surface area contributed by atoms with E-state index in [1.807, 2.05) is 37.3 Å². The number of morpholine rings is 1. The third-order valence-corrected chi connectivity index (χ3v) is 5.49. The van der Waals surface area contributed by atoms with Crippen LogP contribution in [0.2, 0.25) is 0 Å². The van der Waals surface area contributed by atoms with Crippen molar-refractivity contribution in [3.05, 3.63) is 88.6 Å². The molecule has 8 heteroatoms. The van der Waals surface area contributed by atoms with Crippen molar-refractivity contribution in [1.29, 1.82) is 0 Å². The number of hydrogen-bond acceptors (Lipinski definition) is 7. The predicted octanol–water partition coefficient (Wildman–Crippen LogP) is 3.22. The summed E-state index contributed by atoms with van der Waals surface area (Å²) >= 11 is 0. The first-order valence-corrected chi connectivity index (χ1v) is 10.7. The Labute approximate surface area is 192 Å². The van der Waals surface area contributed by atoms with Crippen LogP contribution in [0.1, 0.15) is 12.6 Å². The van der Waals surface area contributed by atoms with Gasteiger partial charge in [-0.2, -0.15) is 0 Å². The number of allylic oxidation sites excluding steroid dienone is 3. The fourth-order valence-electron chi connectivity index (χ4n) is 3.57. The van der Waals surface area contributed by atoms with Crippen LogP contribution < -0.4 is 27.2 Å². The van der Waals surface area contributed by atoms with Gasteiger partial charge in [0.05, 0.1) is 30.0 Å². The first-order valence-electron chi connectivity index (χ1n) is 10.7. The summed E-state index contributed by atoms with van der Waals surface area (Å²) in [4.78, 5) is 22.2. The lowest BCUT2D eigenvalue weighted by molar-refractivity contribution is 0.122. The van der Waals surface area contributed by atoms with E-state index < -0.39 is 0 Å². The molecule has 33 heavy (non-hydrogen) atoms. The standard InChI is InChI=1S/C25H28N6O2/c1-16(2)20(26)7-8-21(27)22-15-17-9-10-28-25(32)23(17)24(30-22)29-18-3-5-19(6-4-18)31-11-13-33-14-12-31/h3-10,15H,1,11-14,26-27H2,2H3,(H,28,32)(H,29,30)/b20-7+,21-8-. The molecule has 6 N–H and O–H groups in total. The van der Waals surface area contributed by atoms with Crippen LogP contribution in [0.15, 0.2) is 77.4 Å². The zero-order valence-corrected chi connectivity index (χ0v) is 18.6. The Kier molecular flexibility index (Phi) is 6.46. The summed E-state index contributed by atoms with van der Waals surface area (Å²) in [5.74, 6) is 0.427. The third-order valence-electron chi connectivity index (χ3n) is 5.49. The van der Waals surface area contributed by atoms with Crippen LogP contribution in [0, 0.1) is 0 Å². The fraction of sp³-hybridized carbons (Fsp3) is 0.200. The highest BCUT2D eigenvalue weighted by atomic mass is 16.5. The molecule has 3 heterocycles. The second-order valence-electron chi connectivity index (χ2n) is 7.92. The number of nitrogens with two attached hydrogens (primary N) is 2. The van der Waals surface area contributed by atoms with Gasteiger partial charge in [0.1, 0.15) is 5.82 Å². The van der Waals surface area contributed by atoms with Gasteiger partial charge in [0.25, 0.3) is 5.56 Å². The van der Waals surface area contributed by atoms with Gasteiger partial charge in [-0.15, -0.1) is 0 Å². The van der Waals surface area contributed by atoms with Crippen molar-refractivity contribution in [3.63, 3.8) is 0 Å². The van der Waals surface area contributed by atoms with Crippen LogP contribution in [-0.2, 0) is 4.74 Å². The van der Waals surface area contributed by atoms with Crippen molar-refractivity contribution in [1.82, 2.24) is 9.97 Å². The van der Waals surface area contributed by atoms with E-state index in [1.54, 1.807) is 24.4 Å². The Balaban J connectivity index is 1.69. The predicted molar refractivity (Wildman–Crippen MR) is 134 cm³/mol. The quantitative estimate of drug-likeness (QED) is 0.431. The van der Waals surface area contributed by atoms with Crippen LogP contribution in [0.5, 0.6) is 0 Å². The maximum absolute atomic E-state index is 12.6. The van der Waals surface area contributed by atoms with Crippen molar-refractivity contribution < 1.29 is 4.74 Å². The number of hydrogen-bond donors (Lipinski definition) is 4. The van der Waals surface area contributed by atoms with E-state index in [4.69, 9.17) is 16.2 Å². The molecule has 0 radical (unpaired) electrons. The summed E-state index contributed by atoms with van der Waals surface area (Å²) in [6.45, 7) is 8.83. The van der Waals surface area contributed by atoms with Crippen LogP contribution in [-0.4, -0.2) is 36.3 Å². The first kappa shape index (κ1) is 22.2. The van der Waals surface area contributed by atoms with Crippen LogP contribution in [0.4, 0.5) is 17.2 Å². The number of benzene rings is 1. The first-order chi connectivity index (χ1) is 15.9. The molecule has 1 aliphatic heterocycles. The highest BCUT2D eigenvalue weighted by Crippen LogP contribution is 2.26. The molecule has 0 aliphatic carbocycles. The zero-order chi connectivity index (χ0) is 23.4. The maximum atomic E-state index is 12.6. The summed E-state index contributed by atoms with van der Waals surface area (Å²) in [7, 11) is 0. The van der Waals surface area contributed by atoms with Gasteiger partial charge < -0.3 is 31.4 Å². The van der Waals surface area contributed by atoms with E-state index in [1.165, 1.54) is 0 Å². The highest BCUT2D eigenvalue weighted by Gasteiger charge is 2.13. The number of nitrogens with zero attached hydrogens (tertiary/aromatic N) is 2. The number of nitrogens with one attached hydrogen (secondary N) is 2. The van der Waals surface area contributed by atoms with Gasteiger partial charge in [-0.1, -0.05) is 6.58 Å². The largest absolute Gasteiger partial charge is 0.399 e. The molecule has 2 aromatic heterocycles. The number of fused-ring (bicyclic) bond motifs is 1. The SMILES string of the molecule is C=C(C)/C(N)=C\C=C(/N)c1cc2cc[nH]c(=O)c2c(Nc2ccc(N3CCOCC3)cc2)n1. The van der Waals surface area contributed by atoms with Crippen molar-refractivity contribution >= 4 is 33.7 Å². The van der Waals surface area contributed by atoms with Crippen LogP contribution >= 0.6 is 0 Å².